The van der Waals surface area contributed by atoms with Gasteiger partial charge in [0.2, 0.25) is 0 Å². The normalized spacial score (nSPS) is 20.4. The molecule has 2 aromatic heterocycles. The predicted molar refractivity (Wildman–Crippen MR) is 114 cm³/mol. The molecule has 1 saturated heterocycles. The highest BCUT2D eigenvalue weighted by Gasteiger charge is 2.48. The molecule has 2 aliphatic rings. The molecule has 0 aliphatic carbocycles. The van der Waals surface area contributed by atoms with E-state index >= 15 is 0 Å². The molecular formula is C23H20Cl2FN3O. The van der Waals surface area contributed by atoms with E-state index in [0.717, 1.165) is 48.4 Å². The van der Waals surface area contributed by atoms with Crippen LogP contribution in [0.4, 0.5) is 4.39 Å². The molecule has 0 radical (unpaired) electrons. The number of fused-ring (bicyclic) bond motifs is 2. The van der Waals surface area contributed by atoms with E-state index in [1.54, 1.807) is 18.3 Å². The SMILES string of the molecule is Fc1ccc(CN2CCC3(CC2)OC(c2cc(Cl)cc(Cl)c2)c2ncccc23)nc1. The van der Waals surface area contributed by atoms with Crippen LogP contribution in [-0.4, -0.2) is 28.0 Å². The first kappa shape index (κ1) is 19.9. The minimum absolute atomic E-state index is 0.289. The van der Waals surface area contributed by atoms with Crippen molar-refractivity contribution in [1.82, 2.24) is 14.9 Å². The van der Waals surface area contributed by atoms with Crippen molar-refractivity contribution in [3.63, 3.8) is 0 Å². The average Bonchev–Trinajstić information content (AvgIpc) is 3.05. The number of aromatic nitrogens is 2. The number of piperidine rings is 1. The maximum atomic E-state index is 13.1. The largest absolute Gasteiger partial charge is 0.356 e. The van der Waals surface area contributed by atoms with Crippen LogP contribution in [0.25, 0.3) is 0 Å². The molecule has 0 saturated carbocycles. The quantitative estimate of drug-likeness (QED) is 0.532. The monoisotopic (exact) mass is 443 g/mol. The lowest BCUT2D eigenvalue weighted by molar-refractivity contribution is -0.0982. The summed E-state index contributed by atoms with van der Waals surface area (Å²) in [6, 6.07) is 12.8. The van der Waals surface area contributed by atoms with Crippen LogP contribution in [-0.2, 0) is 16.9 Å². The summed E-state index contributed by atoms with van der Waals surface area (Å²) in [5.74, 6) is -0.313. The Labute approximate surface area is 184 Å². The van der Waals surface area contributed by atoms with Crippen LogP contribution in [0.15, 0.2) is 54.9 Å². The summed E-state index contributed by atoms with van der Waals surface area (Å²) >= 11 is 12.5. The van der Waals surface area contributed by atoms with E-state index in [0.29, 0.717) is 16.6 Å². The first-order valence-electron chi connectivity index (χ1n) is 9.94. The molecule has 1 fully saturated rings. The number of rotatable bonds is 3. The average molecular weight is 444 g/mol. The molecule has 0 N–H and O–H groups in total. The Balaban J connectivity index is 1.38. The van der Waals surface area contributed by atoms with E-state index < -0.39 is 0 Å². The summed E-state index contributed by atoms with van der Waals surface area (Å²) in [6.45, 7) is 2.41. The third kappa shape index (κ3) is 3.71. The number of hydrogen-bond acceptors (Lipinski definition) is 4. The Morgan fingerprint density at radius 2 is 1.83 bits per heavy atom. The Bertz CT molecular complexity index is 1050. The van der Waals surface area contributed by atoms with Crippen LogP contribution in [0.3, 0.4) is 0 Å². The highest BCUT2D eigenvalue weighted by atomic mass is 35.5. The molecule has 30 heavy (non-hydrogen) atoms. The fourth-order valence-electron chi connectivity index (χ4n) is 4.50. The van der Waals surface area contributed by atoms with E-state index in [2.05, 4.69) is 20.9 Å². The number of halogens is 3. The highest BCUT2D eigenvalue weighted by molar-refractivity contribution is 6.34. The van der Waals surface area contributed by atoms with Crippen LogP contribution in [0.2, 0.25) is 10.0 Å². The number of pyridine rings is 2. The zero-order valence-corrected chi connectivity index (χ0v) is 17.7. The van der Waals surface area contributed by atoms with Crippen molar-refractivity contribution < 1.29 is 9.13 Å². The lowest BCUT2D eigenvalue weighted by Gasteiger charge is -2.39. The zero-order valence-electron chi connectivity index (χ0n) is 16.2. The van der Waals surface area contributed by atoms with Crippen molar-refractivity contribution in [3.05, 3.63) is 93.2 Å². The number of likely N-dealkylation sites (tertiary alicyclic amines) is 1. The van der Waals surface area contributed by atoms with Crippen LogP contribution in [0.1, 0.15) is 41.5 Å². The van der Waals surface area contributed by atoms with Gasteiger partial charge in [0.05, 0.1) is 23.2 Å². The van der Waals surface area contributed by atoms with Gasteiger partial charge in [0.15, 0.2) is 0 Å². The van der Waals surface area contributed by atoms with Gasteiger partial charge in [-0.1, -0.05) is 29.3 Å². The van der Waals surface area contributed by atoms with Crippen molar-refractivity contribution in [3.8, 4) is 0 Å². The number of hydrogen-bond donors (Lipinski definition) is 0. The molecule has 4 heterocycles. The Hall–Kier alpha value is -2.05. The van der Waals surface area contributed by atoms with Crippen LogP contribution in [0, 0.1) is 5.82 Å². The molecule has 2 aliphatic heterocycles. The molecule has 0 bridgehead atoms. The molecule has 0 amide bonds. The second-order valence-electron chi connectivity index (χ2n) is 7.88. The van der Waals surface area contributed by atoms with Crippen LogP contribution in [0.5, 0.6) is 0 Å². The van der Waals surface area contributed by atoms with Crippen molar-refractivity contribution >= 4 is 23.2 Å². The van der Waals surface area contributed by atoms with Gasteiger partial charge in [-0.05, 0) is 54.8 Å². The van der Waals surface area contributed by atoms with Crippen LogP contribution < -0.4 is 0 Å². The molecule has 3 aromatic rings. The zero-order chi connectivity index (χ0) is 20.7. The third-order valence-electron chi connectivity index (χ3n) is 5.95. The maximum absolute atomic E-state index is 13.1. The summed E-state index contributed by atoms with van der Waals surface area (Å²) in [5, 5.41) is 1.17. The summed E-state index contributed by atoms with van der Waals surface area (Å²) in [4.78, 5) is 11.2. The van der Waals surface area contributed by atoms with Gasteiger partial charge < -0.3 is 4.74 Å². The number of benzene rings is 1. The minimum Gasteiger partial charge on any atom is -0.356 e. The first-order chi connectivity index (χ1) is 14.5. The van der Waals surface area contributed by atoms with E-state index in [4.69, 9.17) is 27.9 Å². The van der Waals surface area contributed by atoms with Gasteiger partial charge in [-0.3, -0.25) is 14.9 Å². The Morgan fingerprint density at radius 1 is 1.07 bits per heavy atom. The molecule has 154 valence electrons. The fraction of sp³-hybridized carbons (Fsp3) is 0.304. The van der Waals surface area contributed by atoms with Gasteiger partial charge in [-0.2, -0.15) is 0 Å². The van der Waals surface area contributed by atoms with Gasteiger partial charge in [0.25, 0.3) is 0 Å². The van der Waals surface area contributed by atoms with E-state index in [1.165, 1.54) is 12.3 Å². The lowest BCUT2D eigenvalue weighted by atomic mass is 9.84. The smallest absolute Gasteiger partial charge is 0.141 e. The topological polar surface area (TPSA) is 38.2 Å². The van der Waals surface area contributed by atoms with Crippen molar-refractivity contribution in [2.45, 2.75) is 31.1 Å². The predicted octanol–water partition coefficient (Wildman–Crippen LogP) is 5.53. The van der Waals surface area contributed by atoms with E-state index in [1.807, 2.05) is 18.2 Å². The second kappa shape index (κ2) is 7.89. The molecule has 4 nitrogen and oxygen atoms in total. The summed E-state index contributed by atoms with van der Waals surface area (Å²) in [6.07, 6.45) is 4.47. The highest BCUT2D eigenvalue weighted by Crippen LogP contribution is 2.51. The van der Waals surface area contributed by atoms with Crippen molar-refractivity contribution in [2.24, 2.45) is 0 Å². The van der Waals surface area contributed by atoms with Crippen molar-refractivity contribution in [1.29, 1.82) is 0 Å². The molecule has 7 heteroatoms. The number of ether oxygens (including phenoxy) is 1. The molecule has 1 unspecified atom stereocenters. The van der Waals surface area contributed by atoms with E-state index in [9.17, 15) is 4.39 Å². The lowest BCUT2D eigenvalue weighted by Crippen LogP contribution is -2.42. The molecular weight excluding hydrogens is 424 g/mol. The summed E-state index contributed by atoms with van der Waals surface area (Å²) in [5.41, 5.74) is 3.49. The molecule has 1 aromatic carbocycles. The standard InChI is InChI=1S/C23H20Cl2FN3O/c24-16-10-15(11-17(25)12-16)22-21-20(2-1-7-27-21)23(30-22)5-8-29(9-6-23)14-19-4-3-18(26)13-28-19/h1-4,7,10-13,22H,5-6,8-9,14H2. The number of nitrogens with zero attached hydrogens (tertiary/aromatic N) is 3. The van der Waals surface area contributed by atoms with Gasteiger partial charge in [-0.15, -0.1) is 0 Å². The van der Waals surface area contributed by atoms with Gasteiger partial charge >= 0.3 is 0 Å². The van der Waals surface area contributed by atoms with Gasteiger partial charge in [0.1, 0.15) is 11.9 Å². The second-order valence-corrected chi connectivity index (χ2v) is 8.75. The third-order valence-corrected chi connectivity index (χ3v) is 6.38. The summed E-state index contributed by atoms with van der Waals surface area (Å²) < 4.78 is 19.8. The Kier molecular flexibility index (Phi) is 5.23. The van der Waals surface area contributed by atoms with E-state index in [-0.39, 0.29) is 17.5 Å². The Morgan fingerprint density at radius 3 is 2.53 bits per heavy atom. The molecule has 1 atom stereocenters. The molecule has 5 rings (SSSR count). The fourth-order valence-corrected chi connectivity index (χ4v) is 5.04. The summed E-state index contributed by atoms with van der Waals surface area (Å²) in [7, 11) is 0. The van der Waals surface area contributed by atoms with Gasteiger partial charge in [-0.25, -0.2) is 4.39 Å². The molecule has 1 spiro atoms. The van der Waals surface area contributed by atoms with Crippen LogP contribution >= 0.6 is 23.2 Å². The first-order valence-corrected chi connectivity index (χ1v) is 10.7. The maximum Gasteiger partial charge on any atom is 0.141 e. The van der Waals surface area contributed by atoms with Gasteiger partial charge in [0, 0.05) is 41.4 Å². The minimum atomic E-state index is -0.379. The van der Waals surface area contributed by atoms with Crippen molar-refractivity contribution in [2.75, 3.05) is 13.1 Å².